The van der Waals surface area contributed by atoms with Crippen LogP contribution in [0, 0.1) is 0 Å². The van der Waals surface area contributed by atoms with E-state index in [1.807, 2.05) is 0 Å². The molecule has 3 heterocycles. The number of carbonyl (C=O) groups excluding carboxylic acids is 1. The lowest BCUT2D eigenvalue weighted by Crippen LogP contribution is -2.53. The van der Waals surface area contributed by atoms with Crippen LogP contribution in [0.3, 0.4) is 0 Å². The molecule has 0 aliphatic carbocycles. The third-order valence-corrected chi connectivity index (χ3v) is 6.66. The van der Waals surface area contributed by atoms with Crippen LogP contribution in [0.1, 0.15) is 6.42 Å². The Bertz CT molecular complexity index is 691. The molecule has 3 rings (SSSR count). The van der Waals surface area contributed by atoms with E-state index >= 15 is 0 Å². The molecule has 1 unspecified atom stereocenters. The number of fused-ring (bicyclic) bond motifs is 1. The Balaban J connectivity index is 1.69. The lowest BCUT2D eigenvalue weighted by atomic mass is 10.1. The van der Waals surface area contributed by atoms with Crippen molar-refractivity contribution in [3.8, 4) is 0 Å². The summed E-state index contributed by atoms with van der Waals surface area (Å²) in [4.78, 5) is 33.3. The predicted molar refractivity (Wildman–Crippen MR) is 91.5 cm³/mol. The van der Waals surface area contributed by atoms with Crippen molar-refractivity contribution in [1.82, 2.24) is 14.9 Å². The van der Waals surface area contributed by atoms with Crippen LogP contribution in [0.5, 0.6) is 0 Å². The number of amides is 1. The lowest BCUT2D eigenvalue weighted by Gasteiger charge is -2.43. The minimum Gasteiger partial charge on any atom is -0.477 e. The van der Waals surface area contributed by atoms with Gasteiger partial charge in [-0.2, -0.15) is 0 Å². The minimum absolute atomic E-state index is 0.0392. The van der Waals surface area contributed by atoms with Gasteiger partial charge in [0.15, 0.2) is 5.16 Å². The molecule has 0 bridgehead atoms. The van der Waals surface area contributed by atoms with Crippen LogP contribution < -0.4 is 11.5 Å². The predicted octanol–water partition coefficient (Wildman–Crippen LogP) is 1.03. The molecule has 0 radical (unpaired) electrons. The van der Waals surface area contributed by atoms with Gasteiger partial charge in [0.25, 0.3) is 0 Å². The van der Waals surface area contributed by atoms with Crippen molar-refractivity contribution in [2.45, 2.75) is 17.0 Å². The Labute approximate surface area is 144 Å². The second-order valence-corrected chi connectivity index (χ2v) is 8.26. The van der Waals surface area contributed by atoms with E-state index in [2.05, 4.69) is 9.97 Å². The first-order valence-corrected chi connectivity index (χ1v) is 9.53. The van der Waals surface area contributed by atoms with Gasteiger partial charge in [0.05, 0.1) is 16.9 Å². The van der Waals surface area contributed by atoms with Crippen molar-refractivity contribution >= 4 is 58.8 Å². The molecular weight excluding hydrogens is 358 g/mol. The first kappa shape index (κ1) is 16.3. The number of hydrogen-bond acceptors (Lipinski definition) is 9. The summed E-state index contributed by atoms with van der Waals surface area (Å²) < 4.78 is 0. The van der Waals surface area contributed by atoms with Crippen molar-refractivity contribution in [3.63, 3.8) is 0 Å². The molecule has 1 atom stereocenters. The Morgan fingerprint density at radius 2 is 2.09 bits per heavy atom. The van der Waals surface area contributed by atoms with Crippen LogP contribution in [0.2, 0.25) is 0 Å². The summed E-state index contributed by atoms with van der Waals surface area (Å²) in [5, 5.41) is 10.3. The van der Waals surface area contributed by atoms with Crippen LogP contribution in [0.25, 0.3) is 0 Å². The SMILES string of the molecule is Nc1cc(N)nc(SCSC2=C(C(=O)O)N3C(=O)CC3SC2)n1. The Morgan fingerprint density at radius 3 is 2.70 bits per heavy atom. The van der Waals surface area contributed by atoms with E-state index in [-0.39, 0.29) is 28.6 Å². The van der Waals surface area contributed by atoms with Crippen molar-refractivity contribution in [3.05, 3.63) is 16.7 Å². The van der Waals surface area contributed by atoms with E-state index in [0.717, 1.165) is 0 Å². The Kier molecular flexibility index (Phi) is 4.60. The highest BCUT2D eigenvalue weighted by atomic mass is 32.2. The van der Waals surface area contributed by atoms with E-state index in [4.69, 9.17) is 11.5 Å². The summed E-state index contributed by atoms with van der Waals surface area (Å²) in [5.41, 5.74) is 11.3. The summed E-state index contributed by atoms with van der Waals surface area (Å²) in [6.45, 7) is 0. The molecule has 1 aromatic heterocycles. The number of aromatic nitrogens is 2. The number of nitrogens with zero attached hydrogens (tertiary/aromatic N) is 3. The number of hydrogen-bond donors (Lipinski definition) is 3. The summed E-state index contributed by atoms with van der Waals surface area (Å²) >= 11 is 4.27. The van der Waals surface area contributed by atoms with E-state index in [0.29, 0.717) is 27.3 Å². The number of anilines is 2. The fraction of sp³-hybridized carbons (Fsp3) is 0.333. The van der Waals surface area contributed by atoms with Gasteiger partial charge >= 0.3 is 5.97 Å². The van der Waals surface area contributed by atoms with Crippen LogP contribution in [0.15, 0.2) is 21.8 Å². The number of rotatable bonds is 5. The molecule has 122 valence electrons. The molecule has 1 amide bonds. The topological polar surface area (TPSA) is 135 Å². The second kappa shape index (κ2) is 6.49. The molecule has 1 aromatic rings. The van der Waals surface area contributed by atoms with Gasteiger partial charge in [0.2, 0.25) is 5.91 Å². The Hall–Kier alpha value is -1.59. The standard InChI is InChI=1S/C12H13N5O3S3/c13-6-1-7(14)16-12(15-6)23-4-22-5-3-21-9-2-8(18)17(9)10(5)11(19)20/h1,9H,2-4H2,(H,19,20)(H4,13,14,15,16). The van der Waals surface area contributed by atoms with Gasteiger partial charge in [-0.25, -0.2) is 14.8 Å². The molecule has 5 N–H and O–H groups in total. The summed E-state index contributed by atoms with van der Waals surface area (Å²) in [6, 6.07) is 1.47. The van der Waals surface area contributed by atoms with E-state index in [1.54, 1.807) is 11.8 Å². The normalized spacial score (nSPS) is 20.3. The number of nitrogen functional groups attached to an aromatic ring is 2. The first-order chi connectivity index (χ1) is 11.0. The van der Waals surface area contributed by atoms with E-state index in [9.17, 15) is 14.7 Å². The molecular formula is C12H13N5O3S3. The van der Waals surface area contributed by atoms with Gasteiger partial charge in [-0.1, -0.05) is 11.8 Å². The van der Waals surface area contributed by atoms with Gasteiger partial charge in [0.1, 0.15) is 17.3 Å². The molecule has 11 heteroatoms. The number of carboxylic acid groups (broad SMARTS) is 1. The monoisotopic (exact) mass is 371 g/mol. The molecule has 1 fully saturated rings. The zero-order valence-corrected chi connectivity index (χ0v) is 14.2. The molecule has 0 aromatic carbocycles. The molecule has 1 saturated heterocycles. The fourth-order valence-electron chi connectivity index (χ4n) is 2.18. The van der Waals surface area contributed by atoms with Crippen molar-refractivity contribution in [2.75, 3.05) is 22.3 Å². The number of thioether (sulfide) groups is 3. The summed E-state index contributed by atoms with van der Waals surface area (Å²) in [5.74, 6) is -0.0470. The third kappa shape index (κ3) is 3.35. The minimum atomic E-state index is -1.07. The highest BCUT2D eigenvalue weighted by Gasteiger charge is 2.45. The molecule has 2 aliphatic heterocycles. The maximum atomic E-state index is 11.6. The van der Waals surface area contributed by atoms with Crippen LogP contribution in [0.4, 0.5) is 11.6 Å². The first-order valence-electron chi connectivity index (χ1n) is 6.51. The van der Waals surface area contributed by atoms with Gasteiger partial charge in [0, 0.05) is 16.7 Å². The number of nitrogens with two attached hydrogens (primary N) is 2. The lowest BCUT2D eigenvalue weighted by molar-refractivity contribution is -0.146. The zero-order valence-electron chi connectivity index (χ0n) is 11.8. The largest absolute Gasteiger partial charge is 0.477 e. The van der Waals surface area contributed by atoms with E-state index < -0.39 is 5.97 Å². The molecule has 0 spiro atoms. The molecule has 8 nitrogen and oxygen atoms in total. The average molecular weight is 371 g/mol. The maximum absolute atomic E-state index is 11.6. The van der Waals surface area contributed by atoms with Gasteiger partial charge in [-0.15, -0.1) is 23.5 Å². The van der Waals surface area contributed by atoms with Crippen molar-refractivity contribution in [1.29, 1.82) is 0 Å². The van der Waals surface area contributed by atoms with Crippen LogP contribution in [-0.4, -0.2) is 48.1 Å². The average Bonchev–Trinajstić information content (AvgIpc) is 2.45. The number of aliphatic carboxylic acids is 1. The highest BCUT2D eigenvalue weighted by molar-refractivity contribution is 8.18. The van der Waals surface area contributed by atoms with E-state index in [1.165, 1.54) is 34.5 Å². The fourth-order valence-corrected chi connectivity index (χ4v) is 5.72. The quantitative estimate of drug-likeness (QED) is 0.298. The zero-order chi connectivity index (χ0) is 16.6. The highest BCUT2D eigenvalue weighted by Crippen LogP contribution is 2.43. The van der Waals surface area contributed by atoms with Crippen LogP contribution >= 0.6 is 35.3 Å². The number of β-lactam (4-membered cyclic amide) rings is 1. The Morgan fingerprint density at radius 1 is 1.39 bits per heavy atom. The molecule has 23 heavy (non-hydrogen) atoms. The second-order valence-electron chi connectivity index (χ2n) is 4.72. The van der Waals surface area contributed by atoms with Gasteiger partial charge < -0.3 is 16.6 Å². The number of carbonyl (C=O) groups is 2. The van der Waals surface area contributed by atoms with Crippen molar-refractivity contribution in [2.24, 2.45) is 0 Å². The molecule has 2 aliphatic rings. The van der Waals surface area contributed by atoms with Gasteiger partial charge in [-0.05, 0) is 0 Å². The summed E-state index contributed by atoms with van der Waals surface area (Å²) in [6.07, 6.45) is 0.407. The molecule has 0 saturated carbocycles. The van der Waals surface area contributed by atoms with Gasteiger partial charge in [-0.3, -0.25) is 9.69 Å². The third-order valence-electron chi connectivity index (χ3n) is 3.19. The maximum Gasteiger partial charge on any atom is 0.353 e. The van der Waals surface area contributed by atoms with Crippen LogP contribution in [-0.2, 0) is 9.59 Å². The smallest absolute Gasteiger partial charge is 0.353 e. The summed E-state index contributed by atoms with van der Waals surface area (Å²) in [7, 11) is 0. The van der Waals surface area contributed by atoms with Crippen molar-refractivity contribution < 1.29 is 14.7 Å². The number of carboxylic acids is 1.